The third-order valence-electron chi connectivity index (χ3n) is 3.44. The van der Waals surface area contributed by atoms with Crippen LogP contribution < -0.4 is 10.2 Å². The van der Waals surface area contributed by atoms with Crippen molar-refractivity contribution in [3.8, 4) is 0 Å². The van der Waals surface area contributed by atoms with Gasteiger partial charge in [-0.25, -0.2) is 0 Å². The summed E-state index contributed by atoms with van der Waals surface area (Å²) in [5.74, 6) is 0.723. The molecule has 2 heterocycles. The van der Waals surface area contributed by atoms with Crippen LogP contribution in [0.2, 0.25) is 0 Å². The summed E-state index contributed by atoms with van der Waals surface area (Å²) >= 11 is 0. The molecule has 0 aromatic carbocycles. The average Bonchev–Trinajstić information content (AvgIpc) is 2.46. The smallest absolute Gasteiger partial charge is 0.274 e. The van der Waals surface area contributed by atoms with Gasteiger partial charge >= 0.3 is 0 Å². The lowest BCUT2D eigenvalue weighted by atomic mass is 10.1. The minimum atomic E-state index is -0.0299. The zero-order valence-corrected chi connectivity index (χ0v) is 11.8. The Balaban J connectivity index is 2.06. The molecule has 6 heteroatoms. The van der Waals surface area contributed by atoms with Crippen molar-refractivity contribution < 1.29 is 4.79 Å². The molecule has 0 aliphatic carbocycles. The average molecular weight is 263 g/mol. The zero-order valence-electron chi connectivity index (χ0n) is 11.8. The van der Waals surface area contributed by atoms with Gasteiger partial charge in [0.1, 0.15) is 0 Å². The van der Waals surface area contributed by atoms with Crippen molar-refractivity contribution >= 4 is 11.7 Å². The summed E-state index contributed by atoms with van der Waals surface area (Å²) in [7, 11) is 5.73. The Bertz CT molecular complexity index is 431. The quantitative estimate of drug-likeness (QED) is 0.853. The number of nitrogens with one attached hydrogen (secondary N) is 1. The minimum Gasteiger partial charge on any atom is -0.361 e. The van der Waals surface area contributed by atoms with Crippen LogP contribution in [-0.4, -0.2) is 61.3 Å². The highest BCUT2D eigenvalue weighted by atomic mass is 16.2. The number of likely N-dealkylation sites (N-methyl/N-ethyl adjacent to an activating group) is 1. The molecule has 19 heavy (non-hydrogen) atoms. The first-order valence-corrected chi connectivity index (χ1v) is 6.59. The van der Waals surface area contributed by atoms with Gasteiger partial charge in [-0.3, -0.25) is 4.79 Å². The number of amides is 1. The Labute approximate surface area is 113 Å². The van der Waals surface area contributed by atoms with Crippen LogP contribution in [0.25, 0.3) is 0 Å². The monoisotopic (exact) mass is 263 g/mol. The lowest BCUT2D eigenvalue weighted by Crippen LogP contribution is -2.47. The van der Waals surface area contributed by atoms with Crippen molar-refractivity contribution in [1.82, 2.24) is 20.4 Å². The predicted molar refractivity (Wildman–Crippen MR) is 74.3 cm³/mol. The summed E-state index contributed by atoms with van der Waals surface area (Å²) in [5.41, 5.74) is 0.419. The van der Waals surface area contributed by atoms with E-state index in [1.165, 1.54) is 0 Å². The van der Waals surface area contributed by atoms with Crippen molar-refractivity contribution in [1.29, 1.82) is 0 Å². The molecular formula is C13H21N5O. The molecule has 0 radical (unpaired) electrons. The Morgan fingerprint density at radius 3 is 2.79 bits per heavy atom. The van der Waals surface area contributed by atoms with Crippen LogP contribution in [-0.2, 0) is 0 Å². The van der Waals surface area contributed by atoms with E-state index in [4.69, 9.17) is 0 Å². The number of carbonyl (C=O) groups excluding carboxylic acids is 1. The van der Waals surface area contributed by atoms with Gasteiger partial charge in [0.25, 0.3) is 5.91 Å². The molecule has 2 rings (SSSR count). The Hall–Kier alpha value is -1.69. The lowest BCUT2D eigenvalue weighted by Gasteiger charge is -2.32. The molecule has 1 N–H and O–H groups in total. The molecule has 0 bridgehead atoms. The number of aromatic nitrogens is 2. The maximum Gasteiger partial charge on any atom is 0.274 e. The highest BCUT2D eigenvalue weighted by Gasteiger charge is 2.24. The second-order valence-electron chi connectivity index (χ2n) is 5.05. The lowest BCUT2D eigenvalue weighted by molar-refractivity contribution is 0.0691. The molecule has 1 saturated heterocycles. The first-order chi connectivity index (χ1) is 9.11. The zero-order chi connectivity index (χ0) is 13.8. The van der Waals surface area contributed by atoms with Crippen molar-refractivity contribution in [2.24, 2.45) is 0 Å². The second-order valence-corrected chi connectivity index (χ2v) is 5.05. The maximum atomic E-state index is 12.3. The van der Waals surface area contributed by atoms with Crippen LogP contribution in [0.4, 0.5) is 5.82 Å². The summed E-state index contributed by atoms with van der Waals surface area (Å²) < 4.78 is 0. The Morgan fingerprint density at radius 2 is 2.21 bits per heavy atom. The minimum absolute atomic E-state index is 0.0299. The van der Waals surface area contributed by atoms with Crippen molar-refractivity contribution in [2.45, 2.75) is 18.9 Å². The first-order valence-electron chi connectivity index (χ1n) is 6.59. The molecule has 1 amide bonds. The fourth-order valence-corrected chi connectivity index (χ4v) is 2.24. The molecule has 104 valence electrons. The van der Waals surface area contributed by atoms with Gasteiger partial charge in [-0.05, 0) is 32.0 Å². The second kappa shape index (κ2) is 5.97. The molecule has 1 aliphatic heterocycles. The van der Waals surface area contributed by atoms with E-state index < -0.39 is 0 Å². The van der Waals surface area contributed by atoms with E-state index in [1.54, 1.807) is 6.07 Å². The Kier molecular flexibility index (Phi) is 4.31. The molecule has 1 aromatic heterocycles. The number of likely N-dealkylation sites (tertiary alicyclic amines) is 1. The van der Waals surface area contributed by atoms with Crippen LogP contribution in [0.3, 0.4) is 0 Å². The number of hydrogen-bond acceptors (Lipinski definition) is 5. The largest absolute Gasteiger partial charge is 0.361 e. The highest BCUT2D eigenvalue weighted by Crippen LogP contribution is 2.13. The molecular weight excluding hydrogens is 242 g/mol. The van der Waals surface area contributed by atoms with Gasteiger partial charge in [0.05, 0.1) is 0 Å². The summed E-state index contributed by atoms with van der Waals surface area (Å²) in [6.07, 6.45) is 2.14. The number of anilines is 1. The fraction of sp³-hybridized carbons (Fsp3) is 0.615. The van der Waals surface area contributed by atoms with Crippen molar-refractivity contribution in [2.75, 3.05) is 39.1 Å². The van der Waals surface area contributed by atoms with E-state index >= 15 is 0 Å². The van der Waals surface area contributed by atoms with E-state index in [0.29, 0.717) is 11.7 Å². The molecule has 1 fully saturated rings. The van der Waals surface area contributed by atoms with E-state index in [1.807, 2.05) is 37.0 Å². The number of carbonyl (C=O) groups is 1. The number of piperidine rings is 1. The van der Waals surface area contributed by atoms with Gasteiger partial charge in [-0.2, -0.15) is 0 Å². The third-order valence-corrected chi connectivity index (χ3v) is 3.44. The molecule has 1 aromatic rings. The summed E-state index contributed by atoms with van der Waals surface area (Å²) in [6, 6.07) is 3.94. The van der Waals surface area contributed by atoms with Crippen LogP contribution in [0.15, 0.2) is 12.1 Å². The van der Waals surface area contributed by atoms with E-state index in [0.717, 1.165) is 31.7 Å². The first kappa shape index (κ1) is 13.7. The van der Waals surface area contributed by atoms with Crippen molar-refractivity contribution in [3.63, 3.8) is 0 Å². The summed E-state index contributed by atoms with van der Waals surface area (Å²) in [5, 5.41) is 11.3. The molecule has 0 spiro atoms. The van der Waals surface area contributed by atoms with Gasteiger partial charge in [0, 0.05) is 33.2 Å². The fourth-order valence-electron chi connectivity index (χ4n) is 2.24. The molecule has 1 unspecified atom stereocenters. The van der Waals surface area contributed by atoms with Gasteiger partial charge < -0.3 is 15.1 Å². The topological polar surface area (TPSA) is 61.4 Å². The molecule has 1 atom stereocenters. The van der Waals surface area contributed by atoms with Crippen LogP contribution in [0.5, 0.6) is 0 Å². The van der Waals surface area contributed by atoms with Crippen molar-refractivity contribution in [3.05, 3.63) is 17.8 Å². The van der Waals surface area contributed by atoms with Crippen LogP contribution in [0.1, 0.15) is 23.3 Å². The number of nitrogens with zero attached hydrogens (tertiary/aromatic N) is 4. The van der Waals surface area contributed by atoms with Gasteiger partial charge in [0.2, 0.25) is 0 Å². The number of hydrogen-bond donors (Lipinski definition) is 1. The highest BCUT2D eigenvalue weighted by molar-refractivity contribution is 5.92. The SMILES string of the molecule is CNC1CCCN(C(=O)c2ccc(N(C)C)nn2)C1. The summed E-state index contributed by atoms with van der Waals surface area (Å²) in [6.45, 7) is 1.54. The number of rotatable bonds is 3. The molecule has 6 nitrogen and oxygen atoms in total. The van der Waals surface area contributed by atoms with Crippen LogP contribution >= 0.6 is 0 Å². The van der Waals surface area contributed by atoms with E-state index in [2.05, 4.69) is 15.5 Å². The molecule has 0 saturated carbocycles. The third kappa shape index (κ3) is 3.20. The Morgan fingerprint density at radius 1 is 1.42 bits per heavy atom. The van der Waals surface area contributed by atoms with Crippen LogP contribution in [0, 0.1) is 0 Å². The van der Waals surface area contributed by atoms with Gasteiger partial charge in [-0.1, -0.05) is 0 Å². The predicted octanol–water partition coefficient (Wildman–Crippen LogP) is 0.367. The molecule has 1 aliphatic rings. The summed E-state index contributed by atoms with van der Waals surface area (Å²) in [4.78, 5) is 16.0. The standard InChI is InChI=1S/C13H21N5O/c1-14-10-5-4-8-18(9-10)13(19)11-6-7-12(16-15-11)17(2)3/h6-7,10,14H,4-5,8-9H2,1-3H3. The maximum absolute atomic E-state index is 12.3. The van der Waals surface area contributed by atoms with Gasteiger partial charge in [-0.15, -0.1) is 10.2 Å². The van der Waals surface area contributed by atoms with E-state index in [-0.39, 0.29) is 5.91 Å². The normalized spacial score (nSPS) is 19.3. The van der Waals surface area contributed by atoms with Gasteiger partial charge in [0.15, 0.2) is 11.5 Å². The van der Waals surface area contributed by atoms with E-state index in [9.17, 15) is 4.79 Å².